The van der Waals surface area contributed by atoms with Crippen LogP contribution in [0.15, 0.2) is 24.3 Å². The molecule has 0 spiro atoms. The molecule has 0 radical (unpaired) electrons. The Balaban J connectivity index is 2.24. The number of carbonyl (C=O) groups is 1. The quantitative estimate of drug-likeness (QED) is 0.0237. The Morgan fingerprint density at radius 2 is 0.875 bits per heavy atom. The van der Waals surface area contributed by atoms with E-state index in [2.05, 4.69) is 31.3 Å². The van der Waals surface area contributed by atoms with Crippen LogP contribution < -0.4 is 10.1 Å². The van der Waals surface area contributed by atoms with Crippen molar-refractivity contribution in [2.45, 2.75) is 232 Å². The fraction of sp³-hybridized carbons (Fsp3) is 0.840. The number of guanidine groups is 1. The minimum Gasteiger partial charge on any atom is -0.494 e. The SMILES string of the molecule is CCCCCCCCCCCCCCCCCCOC(=O)[C@H](Cc1ccc(OCCCCCCCCCCCCCCCCCC)cc1)NC(N(C)C)=[N+](C)C. The van der Waals surface area contributed by atoms with Gasteiger partial charge in [-0.2, -0.15) is 0 Å². The number of hydrogen-bond acceptors (Lipinski definition) is 3. The highest BCUT2D eigenvalue weighted by Gasteiger charge is 2.27. The molecule has 0 aromatic heterocycles. The van der Waals surface area contributed by atoms with E-state index in [4.69, 9.17) is 9.47 Å². The fourth-order valence-electron chi connectivity index (χ4n) is 7.73. The molecule has 0 heterocycles. The Bertz CT molecular complexity index is 1040. The van der Waals surface area contributed by atoms with Crippen molar-refractivity contribution < 1.29 is 18.8 Å². The molecular formula is C50H94N3O3+. The highest BCUT2D eigenvalue weighted by Crippen LogP contribution is 2.18. The number of hydrogen-bond donors (Lipinski definition) is 1. The first-order valence-electron chi connectivity index (χ1n) is 24.3. The summed E-state index contributed by atoms with van der Waals surface area (Å²) >= 11 is 0. The number of nitrogens with one attached hydrogen (secondary N) is 1. The van der Waals surface area contributed by atoms with E-state index in [0.29, 0.717) is 13.0 Å². The predicted octanol–water partition coefficient (Wildman–Crippen LogP) is 13.8. The second-order valence-electron chi connectivity index (χ2n) is 17.3. The summed E-state index contributed by atoms with van der Waals surface area (Å²) in [6.07, 6.45) is 43.9. The van der Waals surface area contributed by atoms with Gasteiger partial charge in [-0.1, -0.05) is 219 Å². The summed E-state index contributed by atoms with van der Waals surface area (Å²) in [6, 6.07) is 7.80. The Kier molecular flexibility index (Phi) is 35.4. The van der Waals surface area contributed by atoms with Gasteiger partial charge in [0.1, 0.15) is 5.75 Å². The van der Waals surface area contributed by atoms with Crippen molar-refractivity contribution >= 4 is 11.9 Å². The average molecular weight is 785 g/mol. The van der Waals surface area contributed by atoms with Gasteiger partial charge >= 0.3 is 11.9 Å². The van der Waals surface area contributed by atoms with E-state index in [1.54, 1.807) is 0 Å². The number of rotatable bonds is 39. The first-order valence-corrected chi connectivity index (χ1v) is 24.3. The van der Waals surface area contributed by atoms with E-state index < -0.39 is 6.04 Å². The van der Waals surface area contributed by atoms with Crippen LogP contribution in [0, 0.1) is 0 Å². The molecule has 0 fully saturated rings. The summed E-state index contributed by atoms with van der Waals surface area (Å²) in [7, 11) is 7.97. The molecule has 6 nitrogen and oxygen atoms in total. The molecule has 326 valence electrons. The summed E-state index contributed by atoms with van der Waals surface area (Å²) in [5.74, 6) is 1.60. The van der Waals surface area contributed by atoms with Crippen molar-refractivity contribution in [1.29, 1.82) is 0 Å². The second kappa shape index (κ2) is 38.3. The van der Waals surface area contributed by atoms with Crippen molar-refractivity contribution in [2.24, 2.45) is 0 Å². The van der Waals surface area contributed by atoms with Crippen molar-refractivity contribution in [3.8, 4) is 5.75 Å². The molecule has 1 atom stereocenters. The minimum absolute atomic E-state index is 0.184. The summed E-state index contributed by atoms with van der Waals surface area (Å²) in [5.41, 5.74) is 1.09. The van der Waals surface area contributed by atoms with Gasteiger partial charge in [-0.15, -0.1) is 0 Å². The number of ether oxygens (including phenoxy) is 2. The van der Waals surface area contributed by atoms with Gasteiger partial charge in [-0.05, 0) is 30.5 Å². The van der Waals surface area contributed by atoms with E-state index >= 15 is 0 Å². The van der Waals surface area contributed by atoms with E-state index in [1.165, 1.54) is 186 Å². The van der Waals surface area contributed by atoms with Gasteiger partial charge in [0, 0.05) is 6.42 Å². The molecule has 6 heteroatoms. The molecule has 0 saturated heterocycles. The van der Waals surface area contributed by atoms with E-state index in [0.717, 1.165) is 43.1 Å². The molecule has 0 aliphatic heterocycles. The lowest BCUT2D eigenvalue weighted by Gasteiger charge is -2.20. The molecular weight excluding hydrogens is 691 g/mol. The summed E-state index contributed by atoms with van der Waals surface area (Å²) in [6.45, 7) is 5.83. The maximum absolute atomic E-state index is 13.4. The van der Waals surface area contributed by atoms with Crippen LogP contribution in [0.4, 0.5) is 0 Å². The smallest absolute Gasteiger partial charge is 0.347 e. The third-order valence-electron chi connectivity index (χ3n) is 11.3. The molecule has 0 aliphatic rings. The lowest BCUT2D eigenvalue weighted by molar-refractivity contribution is -0.472. The van der Waals surface area contributed by atoms with Gasteiger partial charge in [0.2, 0.25) is 0 Å². The fourth-order valence-corrected chi connectivity index (χ4v) is 7.73. The van der Waals surface area contributed by atoms with Gasteiger partial charge in [0.05, 0.1) is 41.4 Å². The highest BCUT2D eigenvalue weighted by atomic mass is 16.5. The van der Waals surface area contributed by atoms with Crippen LogP contribution in [-0.2, 0) is 16.0 Å². The zero-order valence-corrected chi connectivity index (χ0v) is 38.3. The van der Waals surface area contributed by atoms with Crippen LogP contribution in [0.3, 0.4) is 0 Å². The third-order valence-corrected chi connectivity index (χ3v) is 11.3. The average Bonchev–Trinajstić information content (AvgIpc) is 3.19. The van der Waals surface area contributed by atoms with E-state index in [1.807, 2.05) is 49.8 Å². The molecule has 0 bridgehead atoms. The zero-order chi connectivity index (χ0) is 40.7. The van der Waals surface area contributed by atoms with Crippen LogP contribution in [0.25, 0.3) is 0 Å². The van der Waals surface area contributed by atoms with Crippen LogP contribution in [-0.4, -0.2) is 68.9 Å². The maximum atomic E-state index is 13.4. The molecule has 1 aromatic rings. The molecule has 0 unspecified atom stereocenters. The van der Waals surface area contributed by atoms with Gasteiger partial charge in [0.25, 0.3) is 0 Å². The number of benzene rings is 1. The lowest BCUT2D eigenvalue weighted by Crippen LogP contribution is -2.51. The molecule has 0 aliphatic carbocycles. The standard InChI is InChI=1S/C50H93N3O3/c1-7-9-11-13-15-17-19-21-23-25-27-29-31-33-35-37-43-55-47-41-39-46(40-42-47)45-48(51-50(52(3)4)53(5)6)49(54)56-44-38-36-34-32-30-28-26-24-22-20-18-16-14-12-10-8-2/h39-42,48H,7-38,43-45H2,1-6H3/p+1/t48-/m0/s1. The Morgan fingerprint density at radius 3 is 1.21 bits per heavy atom. The minimum atomic E-state index is -0.465. The summed E-state index contributed by atoms with van der Waals surface area (Å²) < 4.78 is 13.9. The predicted molar refractivity (Wildman–Crippen MR) is 243 cm³/mol. The van der Waals surface area contributed by atoms with Gasteiger partial charge in [-0.25, -0.2) is 4.79 Å². The molecule has 1 aromatic carbocycles. The number of unbranched alkanes of at least 4 members (excludes halogenated alkanes) is 30. The zero-order valence-electron chi connectivity index (χ0n) is 38.3. The van der Waals surface area contributed by atoms with E-state index in [-0.39, 0.29) is 5.97 Å². The normalized spacial score (nSPS) is 11.8. The van der Waals surface area contributed by atoms with Crippen molar-refractivity contribution in [1.82, 2.24) is 10.2 Å². The number of carbonyl (C=O) groups excluding carboxylic acids is 1. The second-order valence-corrected chi connectivity index (χ2v) is 17.3. The summed E-state index contributed by atoms with van der Waals surface area (Å²) in [4.78, 5) is 15.4. The van der Waals surface area contributed by atoms with Crippen molar-refractivity contribution in [3.63, 3.8) is 0 Å². The first kappa shape index (κ1) is 51.8. The monoisotopic (exact) mass is 785 g/mol. The lowest BCUT2D eigenvalue weighted by atomic mass is 10.0. The molecule has 0 amide bonds. The van der Waals surface area contributed by atoms with Gasteiger partial charge in [0.15, 0.2) is 6.04 Å². The van der Waals surface area contributed by atoms with Crippen LogP contribution >= 0.6 is 0 Å². The van der Waals surface area contributed by atoms with Gasteiger partial charge in [-0.3, -0.25) is 14.8 Å². The molecule has 0 saturated carbocycles. The Morgan fingerprint density at radius 1 is 0.536 bits per heavy atom. The Hall–Kier alpha value is -2.24. The molecule has 56 heavy (non-hydrogen) atoms. The number of nitrogens with zero attached hydrogens (tertiary/aromatic N) is 2. The topological polar surface area (TPSA) is 53.8 Å². The molecule has 1 rings (SSSR count). The van der Waals surface area contributed by atoms with Crippen molar-refractivity contribution in [2.75, 3.05) is 41.4 Å². The first-order chi connectivity index (χ1) is 27.4. The van der Waals surface area contributed by atoms with Gasteiger partial charge < -0.3 is 9.47 Å². The maximum Gasteiger partial charge on any atom is 0.347 e. The van der Waals surface area contributed by atoms with Crippen LogP contribution in [0.5, 0.6) is 5.75 Å². The molecule has 1 N–H and O–H groups in total. The van der Waals surface area contributed by atoms with Crippen LogP contribution in [0.2, 0.25) is 0 Å². The van der Waals surface area contributed by atoms with E-state index in [9.17, 15) is 4.79 Å². The number of esters is 1. The highest BCUT2D eigenvalue weighted by molar-refractivity contribution is 5.84. The Labute approximate surface area is 348 Å². The third kappa shape index (κ3) is 30.8. The van der Waals surface area contributed by atoms with Crippen LogP contribution in [0.1, 0.15) is 225 Å². The van der Waals surface area contributed by atoms with Crippen molar-refractivity contribution in [3.05, 3.63) is 29.8 Å². The largest absolute Gasteiger partial charge is 0.494 e. The summed E-state index contributed by atoms with van der Waals surface area (Å²) in [5, 5.41) is 3.47.